The second-order valence-electron chi connectivity index (χ2n) is 11.4. The van der Waals surface area contributed by atoms with E-state index in [2.05, 4.69) is 76.2 Å². The first-order chi connectivity index (χ1) is 19.4. The Hall–Kier alpha value is -3.19. The zero-order chi connectivity index (χ0) is 28.1. The summed E-state index contributed by atoms with van der Waals surface area (Å²) in [6.45, 7) is 14.8. The Bertz CT molecular complexity index is 1300. The van der Waals surface area contributed by atoms with E-state index in [0.29, 0.717) is 30.2 Å². The smallest absolute Gasteiger partial charge is 0.171 e. The number of nitriles is 1. The Morgan fingerprint density at radius 2 is 1.88 bits per heavy atom. The monoisotopic (exact) mass is 547 g/mol. The van der Waals surface area contributed by atoms with Gasteiger partial charge in [-0.1, -0.05) is 26.0 Å². The highest BCUT2D eigenvalue weighted by molar-refractivity contribution is 5.74. The molecule has 3 aromatic rings. The van der Waals surface area contributed by atoms with Crippen LogP contribution >= 0.6 is 0 Å². The summed E-state index contributed by atoms with van der Waals surface area (Å²) in [5.74, 6) is 0.217. The van der Waals surface area contributed by atoms with Crippen molar-refractivity contribution in [3.05, 3.63) is 59.7 Å². The Balaban J connectivity index is 1.15. The number of hydrogen-bond donors (Lipinski definition) is 1. The van der Waals surface area contributed by atoms with Crippen molar-refractivity contribution in [3.8, 4) is 6.07 Å². The average molecular weight is 548 g/mol. The summed E-state index contributed by atoms with van der Waals surface area (Å²) in [4.78, 5) is 7.13. The molecule has 40 heavy (non-hydrogen) atoms. The van der Waals surface area contributed by atoms with Crippen LogP contribution < -0.4 is 15.1 Å². The molecule has 1 aromatic carbocycles. The molecule has 0 radical (unpaired) electrons. The Morgan fingerprint density at radius 3 is 2.60 bits per heavy atom. The normalized spacial score (nSPS) is 21.1. The molecule has 2 fully saturated rings. The quantitative estimate of drug-likeness (QED) is 0.386. The highest BCUT2D eigenvalue weighted by Gasteiger charge is 2.30. The Morgan fingerprint density at radius 1 is 1.10 bits per heavy atom. The molecule has 4 heterocycles. The number of nitrogens with zero attached hydrogens (tertiary/aromatic N) is 6. The topological polar surface area (TPSA) is 72.1 Å². The predicted octanol–water partition coefficient (Wildman–Crippen LogP) is 3.94. The van der Waals surface area contributed by atoms with E-state index in [1.807, 2.05) is 6.07 Å². The van der Waals surface area contributed by atoms with Crippen LogP contribution in [0.1, 0.15) is 38.4 Å². The minimum Gasteiger partial charge on any atom is -0.370 e. The van der Waals surface area contributed by atoms with Crippen molar-refractivity contribution >= 4 is 16.9 Å². The number of nitrogens with one attached hydrogen (secondary N) is 1. The van der Waals surface area contributed by atoms with Crippen LogP contribution in [0, 0.1) is 23.1 Å². The molecule has 2 saturated heterocycles. The van der Waals surface area contributed by atoms with Gasteiger partial charge in [0.1, 0.15) is 17.3 Å². The molecule has 214 valence electrons. The van der Waals surface area contributed by atoms with Crippen LogP contribution in [0.25, 0.3) is 5.52 Å². The molecule has 0 spiro atoms. The van der Waals surface area contributed by atoms with Crippen LogP contribution in [0.3, 0.4) is 0 Å². The molecule has 3 atom stereocenters. The van der Waals surface area contributed by atoms with E-state index < -0.39 is 5.82 Å². The SMILES string of the molecule is CCCNCC(C)Cc1ccc(N2CCN(CC3CN(c4ccc(C#N)n5ncc(F)c45)CC(C)O3)CC2)cc1. The molecule has 8 nitrogen and oxygen atoms in total. The van der Waals surface area contributed by atoms with Gasteiger partial charge in [0.15, 0.2) is 5.82 Å². The van der Waals surface area contributed by atoms with Crippen molar-refractivity contribution in [1.29, 1.82) is 5.26 Å². The Labute approximate surface area is 237 Å². The lowest BCUT2D eigenvalue weighted by molar-refractivity contribution is -0.0327. The first-order valence-corrected chi connectivity index (χ1v) is 14.7. The number of benzene rings is 1. The molecular formula is C31H42FN7O. The fourth-order valence-corrected chi connectivity index (χ4v) is 6.05. The summed E-state index contributed by atoms with van der Waals surface area (Å²) >= 11 is 0. The largest absolute Gasteiger partial charge is 0.370 e. The molecule has 5 rings (SSSR count). The van der Waals surface area contributed by atoms with Crippen LogP contribution in [-0.2, 0) is 11.2 Å². The van der Waals surface area contributed by atoms with Gasteiger partial charge in [-0.05, 0) is 68.6 Å². The number of aromatic nitrogens is 2. The van der Waals surface area contributed by atoms with Crippen molar-refractivity contribution in [2.45, 2.75) is 45.8 Å². The second-order valence-corrected chi connectivity index (χ2v) is 11.4. The minimum atomic E-state index is -0.412. The highest BCUT2D eigenvalue weighted by Crippen LogP contribution is 2.29. The van der Waals surface area contributed by atoms with E-state index in [4.69, 9.17) is 4.74 Å². The maximum atomic E-state index is 14.7. The molecule has 2 aliphatic heterocycles. The molecule has 2 aromatic heterocycles. The molecule has 9 heteroatoms. The van der Waals surface area contributed by atoms with E-state index in [1.165, 1.54) is 28.4 Å². The van der Waals surface area contributed by atoms with Gasteiger partial charge >= 0.3 is 0 Å². The lowest BCUT2D eigenvalue weighted by Gasteiger charge is -2.42. The third kappa shape index (κ3) is 6.57. The number of piperazine rings is 1. The summed E-state index contributed by atoms with van der Waals surface area (Å²) < 4.78 is 22.4. The van der Waals surface area contributed by atoms with Crippen LogP contribution in [0.15, 0.2) is 42.6 Å². The van der Waals surface area contributed by atoms with Crippen molar-refractivity contribution in [2.75, 3.05) is 68.7 Å². The second kappa shape index (κ2) is 13.0. The van der Waals surface area contributed by atoms with Gasteiger partial charge in [-0.25, -0.2) is 8.91 Å². The summed E-state index contributed by atoms with van der Waals surface area (Å²) in [6.07, 6.45) is 3.50. The lowest BCUT2D eigenvalue weighted by Crippen LogP contribution is -2.54. The number of morpholine rings is 1. The number of fused-ring (bicyclic) bond motifs is 1. The third-order valence-electron chi connectivity index (χ3n) is 8.02. The van der Waals surface area contributed by atoms with Gasteiger partial charge in [-0.2, -0.15) is 10.4 Å². The van der Waals surface area contributed by atoms with Crippen LogP contribution in [0.4, 0.5) is 15.8 Å². The lowest BCUT2D eigenvalue weighted by atomic mass is 10.0. The molecule has 0 aliphatic carbocycles. The van der Waals surface area contributed by atoms with Gasteiger partial charge in [0.25, 0.3) is 0 Å². The van der Waals surface area contributed by atoms with Crippen molar-refractivity contribution in [3.63, 3.8) is 0 Å². The highest BCUT2D eigenvalue weighted by atomic mass is 19.1. The molecule has 2 aliphatic rings. The van der Waals surface area contributed by atoms with Crippen LogP contribution in [-0.4, -0.2) is 85.6 Å². The number of ether oxygens (including phenoxy) is 1. The summed E-state index contributed by atoms with van der Waals surface area (Å²) in [5, 5.41) is 17.0. The number of hydrogen-bond acceptors (Lipinski definition) is 7. The van der Waals surface area contributed by atoms with Crippen LogP contribution in [0.5, 0.6) is 0 Å². The van der Waals surface area contributed by atoms with Gasteiger partial charge in [0.2, 0.25) is 0 Å². The first kappa shape index (κ1) is 28.3. The van der Waals surface area contributed by atoms with E-state index in [1.54, 1.807) is 6.07 Å². The Kier molecular flexibility index (Phi) is 9.20. The summed E-state index contributed by atoms with van der Waals surface area (Å²) in [7, 11) is 0. The maximum absolute atomic E-state index is 14.7. The van der Waals surface area contributed by atoms with Crippen molar-refractivity contribution in [2.24, 2.45) is 5.92 Å². The first-order valence-electron chi connectivity index (χ1n) is 14.7. The van der Waals surface area contributed by atoms with Gasteiger partial charge in [0, 0.05) is 51.5 Å². The van der Waals surface area contributed by atoms with Gasteiger partial charge in [0.05, 0.1) is 24.1 Å². The van der Waals surface area contributed by atoms with E-state index >= 15 is 0 Å². The number of pyridine rings is 1. The number of halogens is 1. The van der Waals surface area contributed by atoms with E-state index in [0.717, 1.165) is 57.9 Å². The van der Waals surface area contributed by atoms with Gasteiger partial charge < -0.3 is 19.9 Å². The molecule has 0 amide bonds. The predicted molar refractivity (Wildman–Crippen MR) is 158 cm³/mol. The minimum absolute atomic E-state index is 0.0186. The number of rotatable bonds is 10. The van der Waals surface area contributed by atoms with Crippen molar-refractivity contribution in [1.82, 2.24) is 19.8 Å². The summed E-state index contributed by atoms with van der Waals surface area (Å²) in [5.41, 5.74) is 4.13. The van der Waals surface area contributed by atoms with E-state index in [-0.39, 0.29) is 12.2 Å². The third-order valence-corrected chi connectivity index (χ3v) is 8.02. The van der Waals surface area contributed by atoms with Gasteiger partial charge in [-0.15, -0.1) is 0 Å². The standard InChI is InChI=1S/C31H42FN7O/c1-4-11-34-18-23(2)16-25-5-7-26(8-6-25)37-14-12-36(13-15-37)21-28-22-38(20-24(3)40-28)30-10-9-27(17-33)39-31(30)29(32)19-35-39/h5-10,19,23-24,28,34H,4,11-16,18,20-22H2,1-3H3. The molecular weight excluding hydrogens is 505 g/mol. The molecule has 0 saturated carbocycles. The fourth-order valence-electron chi connectivity index (χ4n) is 6.05. The molecule has 1 N–H and O–H groups in total. The number of anilines is 2. The average Bonchev–Trinajstić information content (AvgIpc) is 3.35. The van der Waals surface area contributed by atoms with Gasteiger partial charge in [-0.3, -0.25) is 4.90 Å². The van der Waals surface area contributed by atoms with Crippen molar-refractivity contribution < 1.29 is 9.13 Å². The van der Waals surface area contributed by atoms with E-state index in [9.17, 15) is 9.65 Å². The zero-order valence-electron chi connectivity index (χ0n) is 24.0. The molecule has 0 bridgehead atoms. The maximum Gasteiger partial charge on any atom is 0.171 e. The van der Waals surface area contributed by atoms with Crippen LogP contribution in [0.2, 0.25) is 0 Å². The molecule has 3 unspecified atom stereocenters. The zero-order valence-corrected chi connectivity index (χ0v) is 24.0. The summed E-state index contributed by atoms with van der Waals surface area (Å²) in [6, 6.07) is 14.8. The fraction of sp³-hybridized carbons (Fsp3) is 0.548.